The van der Waals surface area contributed by atoms with Crippen LogP contribution in [0.15, 0.2) is 65.3 Å². The summed E-state index contributed by atoms with van der Waals surface area (Å²) in [6.07, 6.45) is 7.50. The molecule has 2 aromatic rings. The van der Waals surface area contributed by atoms with Crippen molar-refractivity contribution in [1.29, 1.82) is 0 Å². The van der Waals surface area contributed by atoms with Crippen LogP contribution in [0, 0.1) is 0 Å². The highest BCUT2D eigenvalue weighted by Gasteiger charge is 2.18. The molecule has 0 amide bonds. The van der Waals surface area contributed by atoms with Gasteiger partial charge in [-0.05, 0) is 43.2 Å². The SMILES string of the molecule is C=CN(/N=C\N(C)c1ccc(N2CCN(c3ccc(=O)[nH]c3)CC2)cc1)C(CC)CC. The molecule has 31 heavy (non-hydrogen) atoms. The first-order valence-electron chi connectivity index (χ1n) is 11.0. The lowest BCUT2D eigenvalue weighted by atomic mass is 10.2. The van der Waals surface area contributed by atoms with Crippen molar-refractivity contribution in [3.05, 3.63) is 65.7 Å². The Morgan fingerprint density at radius 2 is 1.61 bits per heavy atom. The minimum Gasteiger partial charge on any atom is -0.368 e. The molecule has 1 fully saturated rings. The molecular weight excluding hydrogens is 388 g/mol. The summed E-state index contributed by atoms with van der Waals surface area (Å²) in [5.41, 5.74) is 3.32. The van der Waals surface area contributed by atoms with Crippen LogP contribution in [0.4, 0.5) is 17.1 Å². The highest BCUT2D eigenvalue weighted by molar-refractivity contribution is 5.78. The number of hydrazone groups is 1. The van der Waals surface area contributed by atoms with E-state index in [1.165, 1.54) is 5.69 Å². The van der Waals surface area contributed by atoms with E-state index in [9.17, 15) is 4.79 Å². The molecule has 1 aromatic heterocycles. The third kappa shape index (κ3) is 5.69. The predicted molar refractivity (Wildman–Crippen MR) is 131 cm³/mol. The summed E-state index contributed by atoms with van der Waals surface area (Å²) in [6.45, 7) is 12.0. The van der Waals surface area contributed by atoms with Crippen LogP contribution < -0.4 is 20.3 Å². The van der Waals surface area contributed by atoms with E-state index in [-0.39, 0.29) is 5.56 Å². The zero-order chi connectivity index (χ0) is 22.2. The number of nitrogens with one attached hydrogen (secondary N) is 1. The highest BCUT2D eigenvalue weighted by Crippen LogP contribution is 2.22. The summed E-state index contributed by atoms with van der Waals surface area (Å²) in [4.78, 5) is 20.7. The van der Waals surface area contributed by atoms with E-state index in [1.807, 2.05) is 29.4 Å². The minimum absolute atomic E-state index is 0.0646. The Morgan fingerprint density at radius 3 is 2.13 bits per heavy atom. The standard InChI is InChI=1S/C24H34N6O/c1-5-20(6-2)30(7-3)26-19-27(4)21-8-10-22(11-9-21)28-14-16-29(17-15-28)23-12-13-24(31)25-18-23/h7-13,18-20H,3,5-6,14-17H2,1-2,4H3,(H,25,31)/b26-19-. The predicted octanol–water partition coefficient (Wildman–Crippen LogP) is 3.72. The zero-order valence-electron chi connectivity index (χ0n) is 18.9. The first kappa shape index (κ1) is 22.5. The average molecular weight is 423 g/mol. The summed E-state index contributed by atoms with van der Waals surface area (Å²) in [5, 5.41) is 6.53. The third-order valence-corrected chi connectivity index (χ3v) is 5.90. The number of anilines is 3. The van der Waals surface area contributed by atoms with Crippen molar-refractivity contribution in [3.8, 4) is 0 Å². The zero-order valence-corrected chi connectivity index (χ0v) is 18.9. The Balaban J connectivity index is 1.57. The third-order valence-electron chi connectivity index (χ3n) is 5.90. The maximum absolute atomic E-state index is 11.3. The molecule has 1 N–H and O–H groups in total. The summed E-state index contributed by atoms with van der Waals surface area (Å²) in [7, 11) is 2.01. The second-order valence-electron chi connectivity index (χ2n) is 7.78. The number of aromatic amines is 1. The molecule has 0 bridgehead atoms. The number of nitrogens with zero attached hydrogens (tertiary/aromatic N) is 5. The summed E-state index contributed by atoms with van der Waals surface area (Å²) in [6, 6.07) is 12.4. The molecular formula is C24H34N6O. The lowest BCUT2D eigenvalue weighted by Gasteiger charge is -2.37. The second-order valence-corrected chi connectivity index (χ2v) is 7.78. The molecule has 0 atom stereocenters. The van der Waals surface area contributed by atoms with Gasteiger partial charge >= 0.3 is 0 Å². The smallest absolute Gasteiger partial charge is 0.248 e. The minimum atomic E-state index is -0.0646. The number of benzene rings is 1. The van der Waals surface area contributed by atoms with Gasteiger partial charge in [0.15, 0.2) is 0 Å². The van der Waals surface area contributed by atoms with Crippen molar-refractivity contribution in [2.45, 2.75) is 32.7 Å². The summed E-state index contributed by atoms with van der Waals surface area (Å²) >= 11 is 0. The maximum Gasteiger partial charge on any atom is 0.248 e. The van der Waals surface area contributed by atoms with Crippen LogP contribution in [-0.4, -0.2) is 55.6 Å². The molecule has 2 heterocycles. The Bertz CT molecular complexity index is 890. The lowest BCUT2D eigenvalue weighted by Crippen LogP contribution is -2.46. The van der Waals surface area contributed by atoms with Crippen LogP contribution in [0.3, 0.4) is 0 Å². The van der Waals surface area contributed by atoms with E-state index < -0.39 is 0 Å². The van der Waals surface area contributed by atoms with Crippen molar-refractivity contribution in [2.75, 3.05) is 47.9 Å². The highest BCUT2D eigenvalue weighted by atomic mass is 16.1. The summed E-state index contributed by atoms with van der Waals surface area (Å²) < 4.78 is 0. The van der Waals surface area contributed by atoms with Gasteiger partial charge in [0.2, 0.25) is 5.56 Å². The molecule has 0 saturated carbocycles. The topological polar surface area (TPSA) is 58.2 Å². The van der Waals surface area contributed by atoms with Crippen molar-refractivity contribution in [3.63, 3.8) is 0 Å². The van der Waals surface area contributed by atoms with E-state index in [2.05, 4.69) is 64.6 Å². The van der Waals surface area contributed by atoms with Gasteiger partial charge in [0.25, 0.3) is 0 Å². The van der Waals surface area contributed by atoms with Crippen LogP contribution in [0.2, 0.25) is 0 Å². The first-order valence-corrected chi connectivity index (χ1v) is 11.0. The van der Waals surface area contributed by atoms with Gasteiger partial charge < -0.3 is 19.7 Å². The fourth-order valence-electron chi connectivity index (χ4n) is 3.88. The fourth-order valence-corrected chi connectivity index (χ4v) is 3.88. The van der Waals surface area contributed by atoms with Gasteiger partial charge in [0.1, 0.15) is 6.34 Å². The molecule has 3 rings (SSSR count). The number of hydrogen-bond acceptors (Lipinski definition) is 5. The molecule has 0 unspecified atom stereocenters. The lowest BCUT2D eigenvalue weighted by molar-refractivity contribution is 0.275. The van der Waals surface area contributed by atoms with E-state index in [0.717, 1.165) is 50.4 Å². The molecule has 7 nitrogen and oxygen atoms in total. The van der Waals surface area contributed by atoms with Crippen molar-refractivity contribution in [1.82, 2.24) is 9.99 Å². The Kier molecular flexibility index (Phi) is 7.76. The Morgan fingerprint density at radius 1 is 1.03 bits per heavy atom. The number of aromatic nitrogens is 1. The van der Waals surface area contributed by atoms with Gasteiger partial charge in [-0.15, -0.1) is 0 Å². The van der Waals surface area contributed by atoms with E-state index in [4.69, 9.17) is 0 Å². The first-order chi connectivity index (χ1) is 15.0. The molecule has 7 heteroatoms. The van der Waals surface area contributed by atoms with Gasteiger partial charge in [0.05, 0.1) is 11.7 Å². The molecule has 0 aliphatic carbocycles. The van der Waals surface area contributed by atoms with Gasteiger partial charge in [-0.25, -0.2) is 0 Å². The molecule has 0 spiro atoms. The van der Waals surface area contributed by atoms with Crippen molar-refractivity contribution in [2.24, 2.45) is 5.10 Å². The number of pyridine rings is 1. The van der Waals surface area contributed by atoms with Crippen molar-refractivity contribution < 1.29 is 0 Å². The number of H-pyrrole nitrogens is 1. The van der Waals surface area contributed by atoms with Gasteiger partial charge in [-0.2, -0.15) is 5.10 Å². The maximum atomic E-state index is 11.3. The number of piperazine rings is 1. The Labute approximate surface area is 185 Å². The van der Waals surface area contributed by atoms with Gasteiger partial charge in [-0.1, -0.05) is 20.4 Å². The van der Waals surface area contributed by atoms with Crippen LogP contribution in [0.1, 0.15) is 26.7 Å². The average Bonchev–Trinajstić information content (AvgIpc) is 2.82. The van der Waals surface area contributed by atoms with Crippen LogP contribution in [0.5, 0.6) is 0 Å². The monoisotopic (exact) mass is 422 g/mol. The van der Waals surface area contributed by atoms with Crippen LogP contribution >= 0.6 is 0 Å². The largest absolute Gasteiger partial charge is 0.368 e. The fraction of sp³-hybridized carbons (Fsp3) is 0.417. The van der Waals surface area contributed by atoms with Crippen LogP contribution in [0.25, 0.3) is 0 Å². The molecule has 166 valence electrons. The number of rotatable bonds is 9. The van der Waals surface area contributed by atoms with Gasteiger partial charge in [0, 0.05) is 63.1 Å². The summed E-state index contributed by atoms with van der Waals surface area (Å²) in [5.74, 6) is 0. The second kappa shape index (κ2) is 10.7. The quantitative estimate of drug-likeness (QED) is 0.379. The van der Waals surface area contributed by atoms with E-state index in [0.29, 0.717) is 6.04 Å². The number of hydrogen-bond donors (Lipinski definition) is 1. The molecule has 1 aromatic carbocycles. The molecule has 0 radical (unpaired) electrons. The van der Waals surface area contributed by atoms with Crippen LogP contribution in [-0.2, 0) is 0 Å². The molecule has 1 saturated heterocycles. The Hall–Kier alpha value is -3.22. The van der Waals surface area contributed by atoms with E-state index >= 15 is 0 Å². The van der Waals surface area contributed by atoms with E-state index in [1.54, 1.807) is 18.5 Å². The van der Waals surface area contributed by atoms with Gasteiger partial charge in [-0.3, -0.25) is 9.80 Å². The van der Waals surface area contributed by atoms with Crippen molar-refractivity contribution >= 4 is 23.4 Å². The molecule has 1 aliphatic heterocycles. The normalized spacial score (nSPS) is 14.3. The molecule has 1 aliphatic rings.